The van der Waals surface area contributed by atoms with Gasteiger partial charge in [0.25, 0.3) is 5.91 Å². The second-order valence-electron chi connectivity index (χ2n) is 5.29. The standard InChI is InChI=1S/C18H15N3O5S/c22-16(11-27-18-20-13-6-2-4-8-15(13)26-18)21-19-9-12-5-1-3-7-14(12)25-10-17(23)24/h1-9H,10-11H2,(H,21,22)(H,23,24)/b19-9+. The number of hydrogen-bond acceptors (Lipinski definition) is 7. The van der Waals surface area contributed by atoms with E-state index in [-0.39, 0.29) is 11.7 Å². The molecule has 138 valence electrons. The van der Waals surface area contributed by atoms with Gasteiger partial charge in [0.1, 0.15) is 12.4 Å². The molecule has 0 atom stereocenters. The van der Waals surface area contributed by atoms with Gasteiger partial charge in [-0.3, -0.25) is 4.79 Å². The third-order valence-electron chi connectivity index (χ3n) is 3.32. The second kappa shape index (κ2) is 8.86. The maximum Gasteiger partial charge on any atom is 0.411 e. The first-order valence-corrected chi connectivity index (χ1v) is 8.87. The van der Waals surface area contributed by atoms with Crippen LogP contribution in [0, 0.1) is 0 Å². The van der Waals surface area contributed by atoms with Crippen LogP contribution in [-0.2, 0) is 9.59 Å². The molecule has 2 aromatic carbocycles. The van der Waals surface area contributed by atoms with E-state index in [4.69, 9.17) is 9.15 Å². The van der Waals surface area contributed by atoms with Crippen LogP contribution in [0.1, 0.15) is 5.56 Å². The van der Waals surface area contributed by atoms with E-state index in [1.54, 1.807) is 24.3 Å². The lowest BCUT2D eigenvalue weighted by molar-refractivity contribution is -0.411. The van der Waals surface area contributed by atoms with Gasteiger partial charge < -0.3 is 19.1 Å². The Morgan fingerprint density at radius 3 is 2.81 bits per heavy atom. The van der Waals surface area contributed by atoms with Gasteiger partial charge in [0.2, 0.25) is 11.1 Å². The zero-order valence-electron chi connectivity index (χ0n) is 14.0. The zero-order chi connectivity index (χ0) is 19.1. The third-order valence-corrected chi connectivity index (χ3v) is 4.17. The number of benzene rings is 2. The Morgan fingerprint density at radius 2 is 2.00 bits per heavy atom. The number of hydrogen-bond donors (Lipinski definition) is 1. The van der Waals surface area contributed by atoms with E-state index in [1.165, 1.54) is 18.0 Å². The van der Waals surface area contributed by atoms with Crippen molar-refractivity contribution in [3.05, 3.63) is 54.1 Å². The van der Waals surface area contributed by atoms with Crippen molar-refractivity contribution in [2.24, 2.45) is 5.10 Å². The monoisotopic (exact) mass is 385 g/mol. The SMILES string of the molecule is O=C([O-])COc1ccccc1/C=N/NC(=O)CSc1[nH+]c2ccccc2o1. The molecule has 0 aliphatic rings. The van der Waals surface area contributed by atoms with Crippen molar-refractivity contribution in [1.29, 1.82) is 0 Å². The predicted octanol–water partition coefficient (Wildman–Crippen LogP) is 0.618. The summed E-state index contributed by atoms with van der Waals surface area (Å²) >= 11 is 1.21. The van der Waals surface area contributed by atoms with Crippen LogP contribution in [0.2, 0.25) is 0 Å². The molecule has 1 amide bonds. The number of ether oxygens (including phenoxy) is 1. The number of aliphatic carboxylic acids is 1. The van der Waals surface area contributed by atoms with Gasteiger partial charge in [-0.15, -0.1) is 0 Å². The van der Waals surface area contributed by atoms with Crippen molar-refractivity contribution in [3.8, 4) is 5.75 Å². The normalized spacial score (nSPS) is 11.0. The van der Waals surface area contributed by atoms with Crippen LogP contribution >= 0.6 is 11.8 Å². The van der Waals surface area contributed by atoms with Crippen molar-refractivity contribution < 1.29 is 28.8 Å². The molecule has 2 N–H and O–H groups in total. The van der Waals surface area contributed by atoms with E-state index in [0.29, 0.717) is 22.1 Å². The van der Waals surface area contributed by atoms with Gasteiger partial charge in [-0.2, -0.15) is 10.1 Å². The molecule has 0 aliphatic carbocycles. The highest BCUT2D eigenvalue weighted by atomic mass is 32.2. The number of carbonyl (C=O) groups is 2. The number of aromatic nitrogens is 1. The average Bonchev–Trinajstić information content (AvgIpc) is 3.08. The number of para-hydroxylation sites is 3. The summed E-state index contributed by atoms with van der Waals surface area (Å²) in [7, 11) is 0. The highest BCUT2D eigenvalue weighted by Crippen LogP contribution is 2.19. The van der Waals surface area contributed by atoms with Crippen LogP contribution in [0.15, 0.2) is 63.3 Å². The number of H-pyrrole nitrogens is 1. The van der Waals surface area contributed by atoms with Gasteiger partial charge in [-0.25, -0.2) is 5.43 Å². The van der Waals surface area contributed by atoms with E-state index in [9.17, 15) is 14.7 Å². The number of aromatic amines is 1. The summed E-state index contributed by atoms with van der Waals surface area (Å²) in [6, 6.07) is 14.2. The van der Waals surface area contributed by atoms with Crippen LogP contribution in [0.4, 0.5) is 0 Å². The second-order valence-corrected chi connectivity index (χ2v) is 6.24. The predicted molar refractivity (Wildman–Crippen MR) is 96.2 cm³/mol. The summed E-state index contributed by atoms with van der Waals surface area (Å²) in [6.45, 7) is -0.568. The van der Waals surface area contributed by atoms with Crippen molar-refractivity contribution in [2.75, 3.05) is 12.4 Å². The van der Waals surface area contributed by atoms with Gasteiger partial charge in [-0.05, 0) is 30.0 Å². The molecule has 27 heavy (non-hydrogen) atoms. The number of rotatable bonds is 8. The number of nitrogens with zero attached hydrogens (tertiary/aromatic N) is 1. The van der Waals surface area contributed by atoms with Crippen molar-refractivity contribution in [3.63, 3.8) is 0 Å². The molecular weight excluding hydrogens is 370 g/mol. The maximum absolute atomic E-state index is 11.9. The van der Waals surface area contributed by atoms with Gasteiger partial charge in [0.15, 0.2) is 0 Å². The molecule has 0 saturated carbocycles. The Bertz CT molecular complexity index is 953. The first-order valence-electron chi connectivity index (χ1n) is 7.89. The Balaban J connectivity index is 1.52. The molecule has 0 spiro atoms. The smallest absolute Gasteiger partial charge is 0.411 e. The van der Waals surface area contributed by atoms with Crippen LogP contribution in [0.5, 0.6) is 5.75 Å². The topological polar surface area (TPSA) is 118 Å². The molecule has 0 aliphatic heterocycles. The fourth-order valence-corrected chi connectivity index (χ4v) is 2.81. The number of thioether (sulfide) groups is 1. The number of carbonyl (C=O) groups excluding carboxylic acids is 2. The number of hydrazone groups is 1. The minimum atomic E-state index is -1.32. The number of fused-ring (bicyclic) bond motifs is 1. The third kappa shape index (κ3) is 5.32. The lowest BCUT2D eigenvalue weighted by Crippen LogP contribution is -2.29. The minimum Gasteiger partial charge on any atom is -0.546 e. The molecule has 0 radical (unpaired) electrons. The highest BCUT2D eigenvalue weighted by Gasteiger charge is 2.14. The Morgan fingerprint density at radius 1 is 1.22 bits per heavy atom. The molecule has 0 saturated heterocycles. The summed E-state index contributed by atoms with van der Waals surface area (Å²) < 4.78 is 10.7. The molecule has 3 aromatic rings. The first-order chi connectivity index (χ1) is 13.1. The number of nitrogens with one attached hydrogen (secondary N) is 2. The number of carboxylic acid groups (broad SMARTS) is 1. The molecule has 1 heterocycles. The summed E-state index contributed by atoms with van der Waals surface area (Å²) in [6.07, 6.45) is 1.38. The number of oxazole rings is 1. The number of carboxylic acids is 1. The molecule has 0 fully saturated rings. The average molecular weight is 385 g/mol. The van der Waals surface area contributed by atoms with Crippen molar-refractivity contribution in [2.45, 2.75) is 5.22 Å². The van der Waals surface area contributed by atoms with Gasteiger partial charge >= 0.3 is 5.22 Å². The number of amides is 1. The molecule has 0 bridgehead atoms. The fourth-order valence-electron chi connectivity index (χ4n) is 2.15. The minimum absolute atomic E-state index is 0.108. The molecule has 3 rings (SSSR count). The highest BCUT2D eigenvalue weighted by molar-refractivity contribution is 7.99. The van der Waals surface area contributed by atoms with E-state index >= 15 is 0 Å². The lowest BCUT2D eigenvalue weighted by Gasteiger charge is -2.08. The van der Waals surface area contributed by atoms with Crippen LogP contribution in [0.25, 0.3) is 11.1 Å². The summed E-state index contributed by atoms with van der Waals surface area (Å²) in [5.41, 5.74) is 4.49. The van der Waals surface area contributed by atoms with Gasteiger partial charge in [-0.1, -0.05) is 24.3 Å². The molecule has 0 unspecified atom stereocenters. The molecule has 1 aromatic heterocycles. The van der Waals surface area contributed by atoms with E-state index in [1.807, 2.05) is 24.3 Å². The van der Waals surface area contributed by atoms with Crippen LogP contribution < -0.4 is 20.3 Å². The van der Waals surface area contributed by atoms with Gasteiger partial charge in [0.05, 0.1) is 17.9 Å². The van der Waals surface area contributed by atoms with E-state index in [2.05, 4.69) is 15.5 Å². The first kappa shape index (κ1) is 18.5. The van der Waals surface area contributed by atoms with Crippen LogP contribution in [0.3, 0.4) is 0 Å². The maximum atomic E-state index is 11.9. The zero-order valence-corrected chi connectivity index (χ0v) is 14.8. The molecular formula is C18H15N3O5S. The summed E-state index contributed by atoms with van der Waals surface area (Å²) in [4.78, 5) is 25.5. The van der Waals surface area contributed by atoms with E-state index in [0.717, 1.165) is 5.52 Å². The van der Waals surface area contributed by atoms with Crippen molar-refractivity contribution >= 4 is 41.0 Å². The Labute approximate surface area is 158 Å². The largest absolute Gasteiger partial charge is 0.546 e. The fraction of sp³-hybridized carbons (Fsp3) is 0.111. The molecule has 9 heteroatoms. The van der Waals surface area contributed by atoms with Crippen molar-refractivity contribution in [1.82, 2.24) is 5.43 Å². The Kier molecular flexibility index (Phi) is 6.06. The van der Waals surface area contributed by atoms with Gasteiger partial charge in [0, 0.05) is 11.6 Å². The Hall–Kier alpha value is -3.33. The summed E-state index contributed by atoms with van der Waals surface area (Å²) in [5, 5.41) is 14.9. The van der Waals surface area contributed by atoms with Crippen LogP contribution in [-0.4, -0.2) is 30.5 Å². The lowest BCUT2D eigenvalue weighted by atomic mass is 10.2. The quantitative estimate of drug-likeness (QED) is 0.345. The molecule has 8 nitrogen and oxygen atoms in total. The summed E-state index contributed by atoms with van der Waals surface area (Å²) in [5.74, 6) is -1.21. The van der Waals surface area contributed by atoms with E-state index < -0.39 is 12.6 Å².